The van der Waals surface area contributed by atoms with Crippen LogP contribution in [0.25, 0.3) is 22.0 Å². The SMILES string of the molecule is O=C(OCCC1CCN(C(=O)O)CC1)OCn1cc(C(CN2CCCCC2)=C2C(=O)Nc3ccccc32)c2ccccc21. The molecule has 0 saturated carbocycles. The van der Waals surface area contributed by atoms with Crippen LogP contribution >= 0.6 is 0 Å². The van der Waals surface area contributed by atoms with Crippen LogP contribution in [-0.2, 0) is 21.0 Å². The second-order valence-electron chi connectivity index (χ2n) is 11.6. The number of aromatic nitrogens is 1. The zero-order chi connectivity index (χ0) is 29.8. The molecule has 0 spiro atoms. The number of carboxylic acid groups (broad SMARTS) is 1. The first kappa shape index (κ1) is 28.8. The standard InChI is InChI=1S/C33H38N4O6/c38-31-30(25-9-2-4-10-28(25)34-31)27(20-35-15-6-1-7-16-35)26-21-37(29-11-5-3-8-24(26)29)22-43-33(41)42-19-14-23-12-17-36(18-13-23)32(39)40/h2-5,8-11,21,23H,1,6-7,12-20,22H2,(H,34,38)(H,39,40). The number of benzene rings is 2. The molecular weight excluding hydrogens is 548 g/mol. The Morgan fingerprint density at radius 1 is 0.930 bits per heavy atom. The number of carbonyl (C=O) groups is 3. The first-order chi connectivity index (χ1) is 21.0. The predicted octanol–water partition coefficient (Wildman–Crippen LogP) is 5.88. The van der Waals surface area contributed by atoms with Crippen molar-refractivity contribution >= 4 is 45.9 Å². The van der Waals surface area contributed by atoms with Gasteiger partial charge in [-0.2, -0.15) is 0 Å². The van der Waals surface area contributed by atoms with Crippen molar-refractivity contribution in [1.82, 2.24) is 14.4 Å². The van der Waals surface area contributed by atoms with Crippen molar-refractivity contribution in [3.05, 3.63) is 65.9 Å². The topological polar surface area (TPSA) is 113 Å². The number of fused-ring (bicyclic) bond motifs is 2. The molecule has 1 aromatic heterocycles. The Labute approximate surface area is 250 Å². The number of ether oxygens (including phenoxy) is 2. The largest absolute Gasteiger partial charge is 0.510 e. The van der Waals surface area contributed by atoms with Gasteiger partial charge in [0.05, 0.1) is 17.7 Å². The van der Waals surface area contributed by atoms with Crippen LogP contribution in [0.4, 0.5) is 15.3 Å². The Hall–Kier alpha value is -4.31. The van der Waals surface area contributed by atoms with Crippen molar-refractivity contribution in [2.45, 2.75) is 45.3 Å². The number of para-hydroxylation sites is 2. The van der Waals surface area contributed by atoms with Crippen LogP contribution in [0.15, 0.2) is 54.7 Å². The molecule has 0 unspecified atom stereocenters. The lowest BCUT2D eigenvalue weighted by molar-refractivity contribution is -0.110. The van der Waals surface area contributed by atoms with Gasteiger partial charge in [0.25, 0.3) is 5.91 Å². The summed E-state index contributed by atoms with van der Waals surface area (Å²) < 4.78 is 12.8. The fraction of sp³-hybridized carbons (Fsp3) is 0.424. The van der Waals surface area contributed by atoms with Gasteiger partial charge in [0.2, 0.25) is 0 Å². The number of hydrogen-bond donors (Lipinski definition) is 2. The van der Waals surface area contributed by atoms with Crippen molar-refractivity contribution < 1.29 is 29.0 Å². The van der Waals surface area contributed by atoms with Gasteiger partial charge in [0.1, 0.15) is 0 Å². The molecule has 2 aromatic carbocycles. The van der Waals surface area contributed by atoms with Crippen LogP contribution in [0.2, 0.25) is 0 Å². The van der Waals surface area contributed by atoms with Gasteiger partial charge >= 0.3 is 12.2 Å². The number of anilines is 1. The monoisotopic (exact) mass is 586 g/mol. The molecule has 0 aliphatic carbocycles. The fourth-order valence-corrected chi connectivity index (χ4v) is 6.54. The highest BCUT2D eigenvalue weighted by Crippen LogP contribution is 2.40. The lowest BCUT2D eigenvalue weighted by atomic mass is 9.94. The summed E-state index contributed by atoms with van der Waals surface area (Å²) in [6.07, 6.45) is 6.08. The molecule has 2 N–H and O–H groups in total. The van der Waals surface area contributed by atoms with Crippen molar-refractivity contribution in [2.75, 3.05) is 44.6 Å². The molecule has 3 aliphatic heterocycles. The van der Waals surface area contributed by atoms with E-state index in [2.05, 4.69) is 10.2 Å². The normalized spacial score (nSPS) is 18.8. The van der Waals surface area contributed by atoms with E-state index in [0.717, 1.165) is 72.1 Å². The Morgan fingerprint density at radius 3 is 2.47 bits per heavy atom. The van der Waals surface area contributed by atoms with Gasteiger partial charge in [-0.15, -0.1) is 0 Å². The maximum absolute atomic E-state index is 13.4. The highest BCUT2D eigenvalue weighted by Gasteiger charge is 2.30. The van der Waals surface area contributed by atoms with Gasteiger partial charge in [-0.1, -0.05) is 42.8 Å². The highest BCUT2D eigenvalue weighted by atomic mass is 16.7. The quantitative estimate of drug-likeness (QED) is 0.250. The summed E-state index contributed by atoms with van der Waals surface area (Å²) in [5, 5.41) is 13.2. The minimum absolute atomic E-state index is 0.0224. The fourth-order valence-electron chi connectivity index (χ4n) is 6.54. The smallest absolute Gasteiger partial charge is 0.465 e. The maximum Gasteiger partial charge on any atom is 0.510 e. The molecule has 6 rings (SSSR count). The van der Waals surface area contributed by atoms with Crippen molar-refractivity contribution in [2.24, 2.45) is 5.92 Å². The van der Waals surface area contributed by atoms with Crippen molar-refractivity contribution in [3.8, 4) is 0 Å². The van der Waals surface area contributed by atoms with E-state index in [1.807, 2.05) is 59.3 Å². The van der Waals surface area contributed by atoms with E-state index in [1.165, 1.54) is 11.3 Å². The second-order valence-corrected chi connectivity index (χ2v) is 11.6. The Kier molecular flexibility index (Phi) is 8.64. The molecule has 10 heteroatoms. The third kappa shape index (κ3) is 6.39. The molecule has 4 heterocycles. The van der Waals surface area contributed by atoms with Crippen LogP contribution in [0.5, 0.6) is 0 Å². The summed E-state index contributed by atoms with van der Waals surface area (Å²) in [4.78, 5) is 40.9. The van der Waals surface area contributed by atoms with Crippen LogP contribution in [0.1, 0.15) is 49.7 Å². The Morgan fingerprint density at radius 2 is 1.67 bits per heavy atom. The van der Waals surface area contributed by atoms with E-state index in [4.69, 9.17) is 14.6 Å². The van der Waals surface area contributed by atoms with Gasteiger partial charge in [-0.25, -0.2) is 9.59 Å². The number of hydrogen-bond acceptors (Lipinski definition) is 6. The van der Waals surface area contributed by atoms with Crippen molar-refractivity contribution in [3.63, 3.8) is 0 Å². The second kappa shape index (κ2) is 12.9. The van der Waals surface area contributed by atoms with Gasteiger partial charge in [-0.05, 0) is 68.8 Å². The minimum Gasteiger partial charge on any atom is -0.465 e. The molecule has 3 aliphatic rings. The van der Waals surface area contributed by atoms with E-state index in [0.29, 0.717) is 37.5 Å². The molecule has 226 valence electrons. The molecule has 0 atom stereocenters. The van der Waals surface area contributed by atoms with Crippen LogP contribution in [-0.4, -0.2) is 77.0 Å². The molecule has 2 saturated heterocycles. The number of carbonyl (C=O) groups excluding carboxylic acids is 2. The van der Waals surface area contributed by atoms with E-state index in [1.54, 1.807) is 0 Å². The number of piperidine rings is 2. The zero-order valence-corrected chi connectivity index (χ0v) is 24.3. The molecule has 2 amide bonds. The average molecular weight is 587 g/mol. The Bertz CT molecular complexity index is 1530. The molecule has 2 fully saturated rings. The summed E-state index contributed by atoms with van der Waals surface area (Å²) >= 11 is 0. The predicted molar refractivity (Wildman–Crippen MR) is 163 cm³/mol. The summed E-state index contributed by atoms with van der Waals surface area (Å²) in [7, 11) is 0. The van der Waals surface area contributed by atoms with Crippen LogP contribution in [0.3, 0.4) is 0 Å². The molecule has 10 nitrogen and oxygen atoms in total. The van der Waals surface area contributed by atoms with Crippen molar-refractivity contribution in [1.29, 1.82) is 0 Å². The van der Waals surface area contributed by atoms with E-state index >= 15 is 0 Å². The van der Waals surface area contributed by atoms with Crippen LogP contribution < -0.4 is 5.32 Å². The molecular formula is C33H38N4O6. The number of rotatable bonds is 8. The number of nitrogens with one attached hydrogen (secondary N) is 1. The van der Waals surface area contributed by atoms with Gasteiger partial charge in [0, 0.05) is 48.0 Å². The first-order valence-corrected chi connectivity index (χ1v) is 15.2. The number of likely N-dealkylation sites (tertiary alicyclic amines) is 2. The summed E-state index contributed by atoms with van der Waals surface area (Å²) in [5.41, 5.74) is 5.24. The number of amides is 2. The molecule has 0 radical (unpaired) electrons. The highest BCUT2D eigenvalue weighted by molar-refractivity contribution is 6.37. The van der Waals surface area contributed by atoms with E-state index in [9.17, 15) is 14.4 Å². The van der Waals surface area contributed by atoms with E-state index in [-0.39, 0.29) is 19.2 Å². The summed E-state index contributed by atoms with van der Waals surface area (Å²) in [6.45, 7) is 3.87. The maximum atomic E-state index is 13.4. The Balaban J connectivity index is 1.20. The third-order valence-corrected chi connectivity index (χ3v) is 8.87. The molecule has 3 aromatic rings. The average Bonchev–Trinajstić information content (AvgIpc) is 3.56. The van der Waals surface area contributed by atoms with Gasteiger partial charge in [0.15, 0.2) is 6.73 Å². The van der Waals surface area contributed by atoms with Gasteiger partial charge < -0.3 is 29.4 Å². The first-order valence-electron chi connectivity index (χ1n) is 15.2. The summed E-state index contributed by atoms with van der Waals surface area (Å²) in [6, 6.07) is 15.8. The van der Waals surface area contributed by atoms with E-state index < -0.39 is 12.2 Å². The minimum atomic E-state index is -0.884. The number of nitrogens with zero attached hydrogens (tertiary/aromatic N) is 3. The lowest BCUT2D eigenvalue weighted by Crippen LogP contribution is -2.37. The molecule has 0 bridgehead atoms. The third-order valence-electron chi connectivity index (χ3n) is 8.87. The van der Waals surface area contributed by atoms with Crippen LogP contribution in [0, 0.1) is 5.92 Å². The molecule has 43 heavy (non-hydrogen) atoms. The zero-order valence-electron chi connectivity index (χ0n) is 24.3. The van der Waals surface area contributed by atoms with Gasteiger partial charge in [-0.3, -0.25) is 9.69 Å². The summed E-state index contributed by atoms with van der Waals surface area (Å²) in [5.74, 6) is 0.224. The lowest BCUT2D eigenvalue weighted by Gasteiger charge is -2.29.